The molecule has 0 bridgehead atoms. The Bertz CT molecular complexity index is 774. The quantitative estimate of drug-likeness (QED) is 0.760. The van der Waals surface area contributed by atoms with Gasteiger partial charge < -0.3 is 10.1 Å². The van der Waals surface area contributed by atoms with Crippen molar-refractivity contribution in [2.45, 2.75) is 6.92 Å². The molecule has 0 aliphatic rings. The first-order valence-corrected chi connectivity index (χ1v) is 6.00. The van der Waals surface area contributed by atoms with E-state index in [1.54, 1.807) is 12.1 Å². The molecule has 2 heterocycles. The summed E-state index contributed by atoms with van der Waals surface area (Å²) in [6, 6.07) is 13.1. The van der Waals surface area contributed by atoms with Crippen LogP contribution >= 0.6 is 0 Å². The molecule has 4 nitrogen and oxygen atoms in total. The number of amides is 1. The molecule has 4 heteroatoms. The van der Waals surface area contributed by atoms with Gasteiger partial charge in [-0.25, -0.2) is 4.98 Å². The van der Waals surface area contributed by atoms with Gasteiger partial charge in [-0.15, -0.1) is 0 Å². The van der Waals surface area contributed by atoms with Crippen LogP contribution in [0.4, 0.5) is 0 Å². The van der Waals surface area contributed by atoms with Gasteiger partial charge in [0.1, 0.15) is 5.65 Å². The number of carbonyl (C=O) groups is 1. The van der Waals surface area contributed by atoms with Crippen molar-refractivity contribution in [1.29, 1.82) is 0 Å². The van der Waals surface area contributed by atoms with Crippen LogP contribution in [0, 0.1) is 6.92 Å². The number of benzene rings is 1. The standard InChI is InChI=1S/C15H13N3O/c1-10-4-2-7-14-17-13(9-18(10)14)11-5-3-6-12(8-11)15(16)19/h2-9H,1H3,(H2,16,19). The van der Waals surface area contributed by atoms with E-state index in [4.69, 9.17) is 5.73 Å². The van der Waals surface area contributed by atoms with Crippen LogP contribution in [0.25, 0.3) is 16.9 Å². The molecule has 0 aliphatic carbocycles. The number of hydrogen-bond donors (Lipinski definition) is 1. The number of nitrogens with zero attached hydrogens (tertiary/aromatic N) is 2. The van der Waals surface area contributed by atoms with Gasteiger partial charge in [-0.2, -0.15) is 0 Å². The summed E-state index contributed by atoms with van der Waals surface area (Å²) < 4.78 is 2.02. The van der Waals surface area contributed by atoms with Crippen molar-refractivity contribution in [2.24, 2.45) is 5.73 Å². The molecule has 1 amide bonds. The summed E-state index contributed by atoms with van der Waals surface area (Å²) in [6.45, 7) is 2.03. The number of aromatic nitrogens is 2. The van der Waals surface area contributed by atoms with E-state index >= 15 is 0 Å². The summed E-state index contributed by atoms with van der Waals surface area (Å²) in [7, 11) is 0. The van der Waals surface area contributed by atoms with Crippen molar-refractivity contribution in [1.82, 2.24) is 9.38 Å². The lowest BCUT2D eigenvalue weighted by Crippen LogP contribution is -2.10. The van der Waals surface area contributed by atoms with Crippen LogP contribution in [0.1, 0.15) is 16.1 Å². The van der Waals surface area contributed by atoms with Crippen LogP contribution in [0.15, 0.2) is 48.7 Å². The topological polar surface area (TPSA) is 60.4 Å². The van der Waals surface area contributed by atoms with E-state index in [0.29, 0.717) is 5.56 Å². The van der Waals surface area contributed by atoms with Gasteiger partial charge in [-0.1, -0.05) is 18.2 Å². The van der Waals surface area contributed by atoms with E-state index in [-0.39, 0.29) is 0 Å². The molecular weight excluding hydrogens is 238 g/mol. The second kappa shape index (κ2) is 4.24. The van der Waals surface area contributed by atoms with Crippen LogP contribution in [0.2, 0.25) is 0 Å². The molecule has 19 heavy (non-hydrogen) atoms. The SMILES string of the molecule is Cc1cccc2nc(-c3cccc(C(N)=O)c3)cn12. The first-order chi connectivity index (χ1) is 9.15. The molecule has 0 unspecified atom stereocenters. The van der Waals surface area contributed by atoms with Gasteiger partial charge in [-0.3, -0.25) is 4.79 Å². The van der Waals surface area contributed by atoms with Crippen molar-refractivity contribution in [3.8, 4) is 11.3 Å². The summed E-state index contributed by atoms with van der Waals surface area (Å²) in [4.78, 5) is 15.8. The molecule has 1 aromatic carbocycles. The molecule has 0 atom stereocenters. The highest BCUT2D eigenvalue weighted by molar-refractivity contribution is 5.94. The zero-order valence-corrected chi connectivity index (χ0v) is 10.5. The number of hydrogen-bond acceptors (Lipinski definition) is 2. The fourth-order valence-corrected chi connectivity index (χ4v) is 2.12. The fraction of sp³-hybridized carbons (Fsp3) is 0.0667. The Labute approximate surface area is 110 Å². The Balaban J connectivity index is 2.16. The lowest BCUT2D eigenvalue weighted by molar-refractivity contribution is 0.100. The number of carbonyl (C=O) groups excluding carboxylic acids is 1. The van der Waals surface area contributed by atoms with E-state index in [9.17, 15) is 4.79 Å². The zero-order chi connectivity index (χ0) is 13.4. The predicted octanol–water partition coefficient (Wildman–Crippen LogP) is 2.41. The Hall–Kier alpha value is -2.62. The number of fused-ring (bicyclic) bond motifs is 1. The lowest BCUT2D eigenvalue weighted by atomic mass is 10.1. The zero-order valence-electron chi connectivity index (χ0n) is 10.5. The van der Waals surface area contributed by atoms with Crippen LogP contribution in [0.5, 0.6) is 0 Å². The molecule has 0 spiro atoms. The molecular formula is C15H13N3O. The molecule has 0 saturated heterocycles. The third-order valence-electron chi connectivity index (χ3n) is 3.14. The lowest BCUT2D eigenvalue weighted by Gasteiger charge is -1.99. The summed E-state index contributed by atoms with van der Waals surface area (Å²) in [5.41, 5.74) is 9.51. The monoisotopic (exact) mass is 251 g/mol. The third kappa shape index (κ3) is 1.97. The maximum atomic E-state index is 11.2. The summed E-state index contributed by atoms with van der Waals surface area (Å²) in [5, 5.41) is 0. The number of rotatable bonds is 2. The first-order valence-electron chi connectivity index (χ1n) is 6.00. The second-order valence-electron chi connectivity index (χ2n) is 4.47. The largest absolute Gasteiger partial charge is 0.366 e. The van der Waals surface area contributed by atoms with Gasteiger partial charge >= 0.3 is 0 Å². The molecule has 0 radical (unpaired) electrons. The van der Waals surface area contributed by atoms with Gasteiger partial charge in [0.15, 0.2) is 0 Å². The van der Waals surface area contributed by atoms with Gasteiger partial charge in [0.2, 0.25) is 5.91 Å². The Morgan fingerprint density at radius 2 is 2.00 bits per heavy atom. The summed E-state index contributed by atoms with van der Waals surface area (Å²) >= 11 is 0. The third-order valence-corrected chi connectivity index (χ3v) is 3.14. The smallest absolute Gasteiger partial charge is 0.248 e. The second-order valence-corrected chi connectivity index (χ2v) is 4.47. The van der Waals surface area contributed by atoms with Crippen LogP contribution in [0.3, 0.4) is 0 Å². The van der Waals surface area contributed by atoms with Crippen LogP contribution < -0.4 is 5.73 Å². The average molecular weight is 251 g/mol. The minimum absolute atomic E-state index is 0.429. The number of imidazole rings is 1. The first kappa shape index (κ1) is 11.5. The molecule has 3 rings (SSSR count). The highest BCUT2D eigenvalue weighted by Crippen LogP contribution is 2.21. The van der Waals surface area contributed by atoms with Crippen molar-refractivity contribution in [2.75, 3.05) is 0 Å². The van der Waals surface area contributed by atoms with E-state index in [1.807, 2.05) is 47.9 Å². The minimum Gasteiger partial charge on any atom is -0.366 e. The van der Waals surface area contributed by atoms with Crippen molar-refractivity contribution in [3.05, 3.63) is 59.9 Å². The van der Waals surface area contributed by atoms with Crippen molar-refractivity contribution < 1.29 is 4.79 Å². The van der Waals surface area contributed by atoms with E-state index in [1.165, 1.54) is 0 Å². The van der Waals surface area contributed by atoms with E-state index in [2.05, 4.69) is 4.98 Å². The number of pyridine rings is 1. The van der Waals surface area contributed by atoms with Crippen LogP contribution in [-0.2, 0) is 0 Å². The van der Waals surface area contributed by atoms with E-state index in [0.717, 1.165) is 22.6 Å². The minimum atomic E-state index is -0.429. The molecule has 3 aromatic rings. The summed E-state index contributed by atoms with van der Waals surface area (Å²) in [5.74, 6) is -0.429. The Morgan fingerprint density at radius 3 is 2.74 bits per heavy atom. The van der Waals surface area contributed by atoms with Gasteiger partial charge in [-0.05, 0) is 31.2 Å². The molecule has 0 saturated carbocycles. The average Bonchev–Trinajstić information content (AvgIpc) is 2.84. The number of primary amides is 1. The van der Waals surface area contributed by atoms with Gasteiger partial charge in [0, 0.05) is 23.0 Å². The highest BCUT2D eigenvalue weighted by atomic mass is 16.1. The maximum absolute atomic E-state index is 11.2. The Morgan fingerprint density at radius 1 is 1.21 bits per heavy atom. The normalized spacial score (nSPS) is 10.8. The molecule has 0 fully saturated rings. The van der Waals surface area contributed by atoms with E-state index < -0.39 is 5.91 Å². The molecule has 0 aliphatic heterocycles. The fourth-order valence-electron chi connectivity index (χ4n) is 2.12. The highest BCUT2D eigenvalue weighted by Gasteiger charge is 2.07. The molecule has 2 N–H and O–H groups in total. The number of aryl methyl sites for hydroxylation is 1. The van der Waals surface area contributed by atoms with Crippen molar-refractivity contribution in [3.63, 3.8) is 0 Å². The molecule has 2 aromatic heterocycles. The summed E-state index contributed by atoms with van der Waals surface area (Å²) in [6.07, 6.45) is 1.96. The van der Waals surface area contributed by atoms with Gasteiger partial charge in [0.25, 0.3) is 0 Å². The predicted molar refractivity (Wildman–Crippen MR) is 73.9 cm³/mol. The van der Waals surface area contributed by atoms with Crippen LogP contribution in [-0.4, -0.2) is 15.3 Å². The number of nitrogens with two attached hydrogens (primary N) is 1. The Kier molecular flexibility index (Phi) is 2.56. The van der Waals surface area contributed by atoms with Gasteiger partial charge in [0.05, 0.1) is 5.69 Å². The van der Waals surface area contributed by atoms with Crippen molar-refractivity contribution >= 4 is 11.6 Å². The maximum Gasteiger partial charge on any atom is 0.248 e. The molecule has 94 valence electrons.